The Morgan fingerprint density at radius 3 is 2.54 bits per heavy atom. The molecule has 1 saturated heterocycles. The number of likely N-dealkylation sites (tertiary alicyclic amines) is 1. The summed E-state index contributed by atoms with van der Waals surface area (Å²) in [7, 11) is 1.85. The lowest BCUT2D eigenvalue weighted by Crippen LogP contribution is -2.48. The van der Waals surface area contributed by atoms with Crippen LogP contribution in [0.2, 0.25) is 0 Å². The van der Waals surface area contributed by atoms with Crippen LogP contribution in [0.1, 0.15) is 45.4 Å². The number of carbonyl (C=O) groups excluding carboxylic acids is 1. The fraction of sp³-hybridized carbons (Fsp3) is 0.882. The number of rotatable bonds is 4. The second kappa shape index (κ2) is 11.4. The van der Waals surface area contributed by atoms with Gasteiger partial charge < -0.3 is 15.5 Å². The number of thioether (sulfide) groups is 1. The Labute approximate surface area is 168 Å². The SMILES string of the molecule is CN=C(NCC1CCN(C(C)=O)CC1)NC1CCCC(SC)C1.I. The van der Waals surface area contributed by atoms with Gasteiger partial charge >= 0.3 is 0 Å². The summed E-state index contributed by atoms with van der Waals surface area (Å²) in [6.07, 6.45) is 9.52. The molecule has 0 radical (unpaired) electrons. The third-order valence-corrected chi connectivity index (χ3v) is 6.24. The van der Waals surface area contributed by atoms with Gasteiger partial charge in [-0.3, -0.25) is 9.79 Å². The average molecular weight is 468 g/mol. The molecule has 1 aliphatic carbocycles. The molecule has 0 aromatic heterocycles. The third kappa shape index (κ3) is 6.98. The Morgan fingerprint density at radius 2 is 1.96 bits per heavy atom. The van der Waals surface area contributed by atoms with Crippen LogP contribution in [-0.4, -0.2) is 61.0 Å². The maximum Gasteiger partial charge on any atom is 0.219 e. The molecule has 2 rings (SSSR count). The minimum absolute atomic E-state index is 0. The fourth-order valence-corrected chi connectivity index (χ4v) is 4.40. The molecule has 2 unspecified atom stereocenters. The van der Waals surface area contributed by atoms with Crippen LogP contribution in [0.25, 0.3) is 0 Å². The van der Waals surface area contributed by atoms with Crippen LogP contribution in [0, 0.1) is 5.92 Å². The maximum atomic E-state index is 11.4. The summed E-state index contributed by atoms with van der Waals surface area (Å²) in [5.74, 6) is 1.77. The molecule has 1 aliphatic heterocycles. The standard InChI is InChI=1S/C17H32N4OS.HI/c1-13(22)21-9-7-14(8-10-21)12-19-17(18-2)20-15-5-4-6-16(11-15)23-3;/h14-16H,4-12H2,1-3H3,(H2,18,19,20);1H. The highest BCUT2D eigenvalue weighted by Crippen LogP contribution is 2.26. The molecule has 0 aromatic rings. The van der Waals surface area contributed by atoms with Crippen molar-refractivity contribution in [2.75, 3.05) is 32.9 Å². The average Bonchev–Trinajstić information content (AvgIpc) is 2.59. The zero-order chi connectivity index (χ0) is 16.7. The normalized spacial score (nSPS) is 25.8. The molecule has 1 amide bonds. The van der Waals surface area contributed by atoms with E-state index in [-0.39, 0.29) is 29.9 Å². The zero-order valence-electron chi connectivity index (χ0n) is 15.2. The van der Waals surface area contributed by atoms with Gasteiger partial charge in [0.05, 0.1) is 0 Å². The number of nitrogens with zero attached hydrogens (tertiary/aromatic N) is 2. The summed E-state index contributed by atoms with van der Waals surface area (Å²) in [6.45, 7) is 4.40. The number of guanidine groups is 1. The van der Waals surface area contributed by atoms with Crippen molar-refractivity contribution >= 4 is 47.6 Å². The predicted octanol–water partition coefficient (Wildman–Crippen LogP) is 2.70. The van der Waals surface area contributed by atoms with Gasteiger partial charge in [0.15, 0.2) is 5.96 Å². The van der Waals surface area contributed by atoms with Gasteiger partial charge in [0, 0.05) is 44.9 Å². The number of halogens is 1. The summed E-state index contributed by atoms with van der Waals surface area (Å²) >= 11 is 1.99. The van der Waals surface area contributed by atoms with Crippen LogP contribution in [0.5, 0.6) is 0 Å². The van der Waals surface area contributed by atoms with E-state index in [9.17, 15) is 4.79 Å². The van der Waals surface area contributed by atoms with Crippen molar-refractivity contribution in [2.24, 2.45) is 10.9 Å². The van der Waals surface area contributed by atoms with Crippen molar-refractivity contribution in [2.45, 2.75) is 56.7 Å². The Hall–Kier alpha value is -0.180. The molecule has 0 aromatic carbocycles. The molecule has 0 bridgehead atoms. The lowest BCUT2D eigenvalue weighted by Gasteiger charge is -2.32. The van der Waals surface area contributed by atoms with E-state index in [4.69, 9.17) is 0 Å². The highest BCUT2D eigenvalue weighted by Gasteiger charge is 2.23. The molecule has 2 aliphatic rings. The molecule has 2 fully saturated rings. The summed E-state index contributed by atoms with van der Waals surface area (Å²) in [5.41, 5.74) is 0. The Balaban J connectivity index is 0.00000288. The summed E-state index contributed by atoms with van der Waals surface area (Å²) < 4.78 is 0. The Bertz CT molecular complexity index is 413. The van der Waals surface area contributed by atoms with Gasteiger partial charge in [0.1, 0.15) is 0 Å². The Kier molecular flexibility index (Phi) is 10.4. The van der Waals surface area contributed by atoms with E-state index in [2.05, 4.69) is 21.9 Å². The number of hydrogen-bond donors (Lipinski definition) is 2. The molecule has 5 nitrogen and oxygen atoms in total. The first-order valence-corrected chi connectivity index (χ1v) is 10.2. The summed E-state index contributed by atoms with van der Waals surface area (Å²) in [4.78, 5) is 17.7. The smallest absolute Gasteiger partial charge is 0.219 e. The molecule has 1 saturated carbocycles. The lowest BCUT2D eigenvalue weighted by atomic mass is 9.95. The Morgan fingerprint density at radius 1 is 1.25 bits per heavy atom. The third-order valence-electron chi connectivity index (χ3n) is 5.14. The van der Waals surface area contributed by atoms with Crippen molar-refractivity contribution in [3.05, 3.63) is 0 Å². The van der Waals surface area contributed by atoms with Crippen LogP contribution in [0.15, 0.2) is 4.99 Å². The zero-order valence-corrected chi connectivity index (χ0v) is 18.4. The van der Waals surface area contributed by atoms with Crippen molar-refractivity contribution in [1.82, 2.24) is 15.5 Å². The summed E-state index contributed by atoms with van der Waals surface area (Å²) in [5, 5.41) is 7.88. The minimum atomic E-state index is 0. The number of carbonyl (C=O) groups is 1. The van der Waals surface area contributed by atoms with E-state index in [1.165, 1.54) is 25.7 Å². The highest BCUT2D eigenvalue weighted by molar-refractivity contribution is 14.0. The monoisotopic (exact) mass is 468 g/mol. The largest absolute Gasteiger partial charge is 0.356 e. The topological polar surface area (TPSA) is 56.7 Å². The predicted molar refractivity (Wildman–Crippen MR) is 114 cm³/mol. The van der Waals surface area contributed by atoms with Gasteiger partial charge in [-0.1, -0.05) is 6.42 Å². The molecule has 2 N–H and O–H groups in total. The van der Waals surface area contributed by atoms with Crippen LogP contribution in [-0.2, 0) is 4.79 Å². The number of hydrogen-bond acceptors (Lipinski definition) is 3. The molecular weight excluding hydrogens is 435 g/mol. The fourth-order valence-electron chi connectivity index (χ4n) is 3.57. The quantitative estimate of drug-likeness (QED) is 0.379. The van der Waals surface area contributed by atoms with Crippen molar-refractivity contribution < 1.29 is 4.79 Å². The van der Waals surface area contributed by atoms with E-state index >= 15 is 0 Å². The second-order valence-corrected chi connectivity index (χ2v) is 7.91. The number of piperidine rings is 1. The number of amides is 1. The van der Waals surface area contributed by atoms with E-state index in [1.807, 2.05) is 23.7 Å². The molecule has 0 spiro atoms. The number of nitrogens with one attached hydrogen (secondary N) is 2. The summed E-state index contributed by atoms with van der Waals surface area (Å²) in [6, 6.07) is 0.548. The van der Waals surface area contributed by atoms with Crippen molar-refractivity contribution in [1.29, 1.82) is 0 Å². The molecule has 2 atom stereocenters. The highest BCUT2D eigenvalue weighted by atomic mass is 127. The van der Waals surface area contributed by atoms with Gasteiger partial charge in [-0.25, -0.2) is 0 Å². The van der Waals surface area contributed by atoms with Crippen LogP contribution in [0.4, 0.5) is 0 Å². The van der Waals surface area contributed by atoms with Crippen LogP contribution >= 0.6 is 35.7 Å². The molecule has 7 heteroatoms. The number of aliphatic imine (C=N–C) groups is 1. The van der Waals surface area contributed by atoms with Gasteiger partial charge in [-0.05, 0) is 44.3 Å². The van der Waals surface area contributed by atoms with Crippen molar-refractivity contribution in [3.63, 3.8) is 0 Å². The maximum absolute atomic E-state index is 11.4. The minimum Gasteiger partial charge on any atom is -0.356 e. The second-order valence-electron chi connectivity index (χ2n) is 6.77. The van der Waals surface area contributed by atoms with Gasteiger partial charge in [-0.2, -0.15) is 11.8 Å². The van der Waals surface area contributed by atoms with E-state index in [1.54, 1.807) is 6.92 Å². The van der Waals surface area contributed by atoms with Crippen molar-refractivity contribution in [3.8, 4) is 0 Å². The van der Waals surface area contributed by atoms with E-state index in [0.717, 1.165) is 43.7 Å². The first-order chi connectivity index (χ1) is 11.1. The first-order valence-electron chi connectivity index (χ1n) is 8.87. The van der Waals surface area contributed by atoms with E-state index < -0.39 is 0 Å². The molecule has 140 valence electrons. The van der Waals surface area contributed by atoms with Gasteiger partial charge in [-0.15, -0.1) is 24.0 Å². The lowest BCUT2D eigenvalue weighted by molar-refractivity contribution is -0.130. The van der Waals surface area contributed by atoms with Gasteiger partial charge in [0.25, 0.3) is 0 Å². The van der Waals surface area contributed by atoms with Crippen LogP contribution in [0.3, 0.4) is 0 Å². The van der Waals surface area contributed by atoms with Crippen LogP contribution < -0.4 is 10.6 Å². The van der Waals surface area contributed by atoms with E-state index in [0.29, 0.717) is 12.0 Å². The molecular formula is C17H33IN4OS. The molecule has 24 heavy (non-hydrogen) atoms. The first kappa shape index (κ1) is 21.9. The molecule has 1 heterocycles. The van der Waals surface area contributed by atoms with Gasteiger partial charge in [0.2, 0.25) is 5.91 Å².